The molecule has 0 aromatic carbocycles. The molecule has 1 atom stereocenters. The second-order valence-corrected chi connectivity index (χ2v) is 3.48. The summed E-state index contributed by atoms with van der Waals surface area (Å²) in [5.74, 6) is 0. The molecule has 5 heteroatoms. The van der Waals surface area contributed by atoms with E-state index in [2.05, 4.69) is 27.6 Å². The monoisotopic (exact) mass is 181 g/mol. The van der Waals surface area contributed by atoms with E-state index >= 15 is 0 Å². The van der Waals surface area contributed by atoms with Crippen molar-refractivity contribution >= 4 is 0 Å². The van der Waals surface area contributed by atoms with E-state index < -0.39 is 0 Å². The molecule has 1 unspecified atom stereocenters. The maximum Gasteiger partial charge on any atom is 0.0768 e. The van der Waals surface area contributed by atoms with E-state index in [1.807, 2.05) is 17.9 Å². The Balaban J connectivity index is 2.19. The molecule has 0 spiro atoms. The van der Waals surface area contributed by atoms with E-state index in [1.165, 1.54) is 5.69 Å². The fraction of sp³-hybridized carbons (Fsp3) is 0.750. The highest BCUT2D eigenvalue weighted by molar-refractivity contribution is 5.04. The van der Waals surface area contributed by atoms with Crippen LogP contribution in [0.3, 0.4) is 0 Å². The van der Waals surface area contributed by atoms with Gasteiger partial charge in [-0.3, -0.25) is 9.58 Å². The van der Waals surface area contributed by atoms with Gasteiger partial charge in [-0.1, -0.05) is 5.21 Å². The summed E-state index contributed by atoms with van der Waals surface area (Å²) in [6.45, 7) is 3.13. The number of aromatic nitrogens is 3. The first-order chi connectivity index (χ1) is 6.29. The lowest BCUT2D eigenvalue weighted by Crippen LogP contribution is -2.44. The van der Waals surface area contributed by atoms with Crippen molar-refractivity contribution in [1.29, 1.82) is 0 Å². The summed E-state index contributed by atoms with van der Waals surface area (Å²) in [5, 5.41) is 11.2. The molecule has 13 heavy (non-hydrogen) atoms. The van der Waals surface area contributed by atoms with Crippen molar-refractivity contribution in [2.45, 2.75) is 6.04 Å². The number of nitrogens with zero attached hydrogens (tertiary/aromatic N) is 4. The van der Waals surface area contributed by atoms with Gasteiger partial charge in [-0.15, -0.1) is 5.10 Å². The van der Waals surface area contributed by atoms with Crippen molar-refractivity contribution < 1.29 is 0 Å². The van der Waals surface area contributed by atoms with Crippen molar-refractivity contribution in [3.63, 3.8) is 0 Å². The van der Waals surface area contributed by atoms with Gasteiger partial charge in [0.25, 0.3) is 0 Å². The van der Waals surface area contributed by atoms with Gasteiger partial charge in [0.05, 0.1) is 17.9 Å². The summed E-state index contributed by atoms with van der Waals surface area (Å²) in [4.78, 5) is 2.33. The number of rotatable bonds is 1. The lowest BCUT2D eigenvalue weighted by Gasteiger charge is -2.32. The third-order valence-electron chi connectivity index (χ3n) is 2.60. The van der Waals surface area contributed by atoms with Gasteiger partial charge in [-0.25, -0.2) is 0 Å². The van der Waals surface area contributed by atoms with Crippen molar-refractivity contribution in [1.82, 2.24) is 25.2 Å². The zero-order valence-corrected chi connectivity index (χ0v) is 8.06. The third kappa shape index (κ3) is 1.57. The zero-order valence-electron chi connectivity index (χ0n) is 8.06. The molecule has 0 aliphatic carbocycles. The minimum Gasteiger partial charge on any atom is -0.313 e. The molecule has 0 radical (unpaired) electrons. The van der Waals surface area contributed by atoms with Gasteiger partial charge >= 0.3 is 0 Å². The quantitative estimate of drug-likeness (QED) is 0.628. The fourth-order valence-electron chi connectivity index (χ4n) is 1.74. The summed E-state index contributed by atoms with van der Waals surface area (Å²) in [5.41, 5.74) is 1.18. The maximum atomic E-state index is 3.94. The molecule has 1 N–H and O–H groups in total. The largest absolute Gasteiger partial charge is 0.313 e. The van der Waals surface area contributed by atoms with Crippen LogP contribution >= 0.6 is 0 Å². The molecular formula is C8H15N5. The standard InChI is InChI=1S/C8H15N5/c1-12-4-3-9-5-7(12)8-6-10-11-13(8)2/h6-7,9H,3-5H2,1-2H3. The highest BCUT2D eigenvalue weighted by Crippen LogP contribution is 2.18. The van der Waals surface area contributed by atoms with E-state index in [-0.39, 0.29) is 0 Å². The van der Waals surface area contributed by atoms with Crippen LogP contribution < -0.4 is 5.32 Å². The lowest BCUT2D eigenvalue weighted by atomic mass is 10.1. The topological polar surface area (TPSA) is 46.0 Å². The SMILES string of the molecule is CN1CCNCC1c1cnnn1C. The molecule has 1 saturated heterocycles. The Morgan fingerprint density at radius 1 is 1.54 bits per heavy atom. The molecule has 72 valence electrons. The molecule has 0 amide bonds. The molecule has 1 aliphatic rings. The van der Waals surface area contributed by atoms with E-state index in [1.54, 1.807) is 0 Å². The maximum absolute atomic E-state index is 3.94. The Labute approximate surface area is 77.7 Å². The summed E-state index contributed by atoms with van der Waals surface area (Å²) >= 11 is 0. The van der Waals surface area contributed by atoms with Crippen LogP contribution in [0.2, 0.25) is 0 Å². The second-order valence-electron chi connectivity index (χ2n) is 3.48. The smallest absolute Gasteiger partial charge is 0.0768 e. The molecule has 1 aromatic rings. The Hall–Kier alpha value is -0.940. The number of piperazine rings is 1. The van der Waals surface area contributed by atoms with Crippen LogP contribution in [0.1, 0.15) is 11.7 Å². The molecule has 1 aromatic heterocycles. The van der Waals surface area contributed by atoms with Crippen molar-refractivity contribution in [2.75, 3.05) is 26.7 Å². The first-order valence-corrected chi connectivity index (χ1v) is 4.54. The molecular weight excluding hydrogens is 166 g/mol. The Morgan fingerprint density at radius 2 is 2.38 bits per heavy atom. The highest BCUT2D eigenvalue weighted by Gasteiger charge is 2.22. The zero-order chi connectivity index (χ0) is 9.26. The number of nitrogens with one attached hydrogen (secondary N) is 1. The van der Waals surface area contributed by atoms with Crippen LogP contribution in [0.4, 0.5) is 0 Å². The van der Waals surface area contributed by atoms with Gasteiger partial charge in [-0.05, 0) is 7.05 Å². The lowest BCUT2D eigenvalue weighted by molar-refractivity contribution is 0.194. The van der Waals surface area contributed by atoms with E-state index in [4.69, 9.17) is 0 Å². The molecule has 2 heterocycles. The van der Waals surface area contributed by atoms with Gasteiger partial charge in [-0.2, -0.15) is 0 Å². The minimum absolute atomic E-state index is 0.411. The number of hydrogen-bond donors (Lipinski definition) is 1. The van der Waals surface area contributed by atoms with E-state index in [9.17, 15) is 0 Å². The van der Waals surface area contributed by atoms with E-state index in [0.717, 1.165) is 19.6 Å². The van der Waals surface area contributed by atoms with E-state index in [0.29, 0.717) is 6.04 Å². The van der Waals surface area contributed by atoms with Crippen LogP contribution in [0.15, 0.2) is 6.20 Å². The number of aryl methyl sites for hydroxylation is 1. The van der Waals surface area contributed by atoms with Crippen LogP contribution in [0.25, 0.3) is 0 Å². The second kappa shape index (κ2) is 3.43. The van der Waals surface area contributed by atoms with Gasteiger partial charge in [0.2, 0.25) is 0 Å². The summed E-state index contributed by atoms with van der Waals surface area (Å²) in [7, 11) is 4.07. The first-order valence-electron chi connectivity index (χ1n) is 4.54. The van der Waals surface area contributed by atoms with Gasteiger partial charge < -0.3 is 5.32 Å². The summed E-state index contributed by atoms with van der Waals surface area (Å²) < 4.78 is 1.84. The number of likely N-dealkylation sites (N-methyl/N-ethyl adjacent to an activating group) is 1. The van der Waals surface area contributed by atoms with Gasteiger partial charge in [0.1, 0.15) is 0 Å². The summed E-state index contributed by atoms with van der Waals surface area (Å²) in [6, 6.07) is 0.411. The van der Waals surface area contributed by atoms with Crippen LogP contribution in [-0.2, 0) is 7.05 Å². The summed E-state index contributed by atoms with van der Waals surface area (Å²) in [6.07, 6.45) is 1.84. The van der Waals surface area contributed by atoms with Crippen molar-refractivity contribution in [3.05, 3.63) is 11.9 Å². The van der Waals surface area contributed by atoms with Crippen molar-refractivity contribution in [3.8, 4) is 0 Å². The minimum atomic E-state index is 0.411. The van der Waals surface area contributed by atoms with Gasteiger partial charge in [0, 0.05) is 26.7 Å². The normalized spacial score (nSPS) is 24.9. The predicted octanol–water partition coefficient (Wildman–Crippen LogP) is -0.609. The molecule has 5 nitrogen and oxygen atoms in total. The Bertz CT molecular complexity index is 282. The van der Waals surface area contributed by atoms with Crippen LogP contribution in [-0.4, -0.2) is 46.6 Å². The fourth-order valence-corrected chi connectivity index (χ4v) is 1.74. The van der Waals surface area contributed by atoms with Crippen molar-refractivity contribution in [2.24, 2.45) is 7.05 Å². The molecule has 2 rings (SSSR count). The molecule has 1 fully saturated rings. The average Bonchev–Trinajstić information content (AvgIpc) is 2.52. The third-order valence-corrected chi connectivity index (χ3v) is 2.60. The van der Waals surface area contributed by atoms with Gasteiger partial charge in [0.15, 0.2) is 0 Å². The number of hydrogen-bond acceptors (Lipinski definition) is 4. The highest BCUT2D eigenvalue weighted by atomic mass is 15.4. The Morgan fingerprint density at radius 3 is 3.00 bits per heavy atom. The first kappa shape index (κ1) is 8.65. The van der Waals surface area contributed by atoms with Crippen LogP contribution in [0.5, 0.6) is 0 Å². The Kier molecular flexibility index (Phi) is 2.28. The molecule has 0 saturated carbocycles. The average molecular weight is 181 g/mol. The predicted molar refractivity (Wildman–Crippen MR) is 49.2 cm³/mol. The van der Waals surface area contributed by atoms with Crippen LogP contribution in [0, 0.1) is 0 Å². The molecule has 0 bridgehead atoms. The molecule has 1 aliphatic heterocycles.